The number of hydrogen-bond donors (Lipinski definition) is 2. The smallest absolute Gasteiger partial charge is 0.409 e. The van der Waals surface area contributed by atoms with Gasteiger partial charge in [-0.1, -0.05) is 0 Å². The molecule has 1 fully saturated rings. The van der Waals surface area contributed by atoms with Crippen LogP contribution < -0.4 is 5.32 Å². The first-order valence-corrected chi connectivity index (χ1v) is 7.35. The van der Waals surface area contributed by atoms with Crippen LogP contribution in [-0.4, -0.2) is 52.8 Å². The molecule has 2 N–H and O–H groups in total. The van der Waals surface area contributed by atoms with E-state index in [1.54, 1.807) is 11.8 Å². The Hall–Kier alpha value is -1.83. The third-order valence-electron chi connectivity index (χ3n) is 3.07. The number of nitrogens with one attached hydrogen (secondary N) is 1. The van der Waals surface area contributed by atoms with Gasteiger partial charge in [-0.25, -0.2) is 14.6 Å². The van der Waals surface area contributed by atoms with Crippen molar-refractivity contribution in [2.75, 3.05) is 25.0 Å². The van der Waals surface area contributed by atoms with Crippen LogP contribution in [0.15, 0.2) is 5.38 Å². The van der Waals surface area contributed by atoms with Gasteiger partial charge < -0.3 is 20.1 Å². The van der Waals surface area contributed by atoms with Crippen molar-refractivity contribution >= 4 is 28.5 Å². The monoisotopic (exact) mass is 299 g/mol. The lowest BCUT2D eigenvalue weighted by Crippen LogP contribution is -2.42. The molecule has 0 spiro atoms. The van der Waals surface area contributed by atoms with Crippen LogP contribution in [0.1, 0.15) is 30.3 Å². The molecule has 2 heterocycles. The van der Waals surface area contributed by atoms with Gasteiger partial charge in [0.2, 0.25) is 0 Å². The summed E-state index contributed by atoms with van der Waals surface area (Å²) in [6, 6.07) is 0.202. The van der Waals surface area contributed by atoms with E-state index in [4.69, 9.17) is 9.84 Å². The number of carboxylic acids is 1. The van der Waals surface area contributed by atoms with Gasteiger partial charge in [-0.05, 0) is 19.8 Å². The first kappa shape index (κ1) is 14.6. The van der Waals surface area contributed by atoms with Crippen molar-refractivity contribution in [1.29, 1.82) is 0 Å². The van der Waals surface area contributed by atoms with Crippen LogP contribution in [-0.2, 0) is 4.74 Å². The Morgan fingerprint density at radius 2 is 2.25 bits per heavy atom. The number of anilines is 1. The highest BCUT2D eigenvalue weighted by atomic mass is 32.1. The first-order valence-electron chi connectivity index (χ1n) is 6.47. The average molecular weight is 299 g/mol. The van der Waals surface area contributed by atoms with Crippen LogP contribution in [0.3, 0.4) is 0 Å². The number of carbonyl (C=O) groups is 2. The minimum absolute atomic E-state index is 0.0569. The Morgan fingerprint density at radius 1 is 1.55 bits per heavy atom. The third kappa shape index (κ3) is 3.60. The quantitative estimate of drug-likeness (QED) is 0.882. The second-order valence-corrected chi connectivity index (χ2v) is 5.31. The van der Waals surface area contributed by atoms with E-state index in [1.165, 1.54) is 16.7 Å². The van der Waals surface area contributed by atoms with Gasteiger partial charge in [0.15, 0.2) is 10.8 Å². The van der Waals surface area contributed by atoms with E-state index in [1.807, 2.05) is 0 Å². The van der Waals surface area contributed by atoms with Gasteiger partial charge in [0.25, 0.3) is 0 Å². The standard InChI is InChI=1S/C12H17N3O4S/c1-2-19-12(18)15-5-3-8(4-6-15)13-11-14-9(7-20-11)10(16)17/h7-8H,2-6H2,1H3,(H,13,14)(H,16,17). The molecule has 1 aromatic heterocycles. The van der Waals surface area contributed by atoms with Crippen molar-refractivity contribution in [3.05, 3.63) is 11.1 Å². The molecule has 0 saturated carbocycles. The highest BCUT2D eigenvalue weighted by Crippen LogP contribution is 2.20. The van der Waals surface area contributed by atoms with Crippen molar-refractivity contribution in [3.8, 4) is 0 Å². The van der Waals surface area contributed by atoms with Gasteiger partial charge in [-0.3, -0.25) is 0 Å². The number of piperidine rings is 1. The molecule has 7 nitrogen and oxygen atoms in total. The Bertz CT molecular complexity index is 483. The molecule has 2 rings (SSSR count). The molecule has 1 aliphatic rings. The van der Waals surface area contributed by atoms with E-state index in [0.29, 0.717) is 24.8 Å². The Morgan fingerprint density at radius 3 is 2.80 bits per heavy atom. The third-order valence-corrected chi connectivity index (χ3v) is 3.85. The van der Waals surface area contributed by atoms with Gasteiger partial charge in [-0.2, -0.15) is 0 Å². The molecular weight excluding hydrogens is 282 g/mol. The van der Waals surface area contributed by atoms with Crippen molar-refractivity contribution in [2.45, 2.75) is 25.8 Å². The van der Waals surface area contributed by atoms with Gasteiger partial charge in [0, 0.05) is 24.5 Å². The molecule has 1 saturated heterocycles. The topological polar surface area (TPSA) is 91.8 Å². The number of thiazole rings is 1. The molecule has 0 radical (unpaired) electrons. The SMILES string of the molecule is CCOC(=O)N1CCC(Nc2nc(C(=O)O)cs2)CC1. The molecule has 0 atom stereocenters. The molecular formula is C12H17N3O4S. The maximum Gasteiger partial charge on any atom is 0.409 e. The number of carboxylic acid groups (broad SMARTS) is 1. The number of likely N-dealkylation sites (tertiary alicyclic amines) is 1. The van der Waals surface area contributed by atoms with E-state index in [9.17, 15) is 9.59 Å². The average Bonchev–Trinajstić information content (AvgIpc) is 2.88. The summed E-state index contributed by atoms with van der Waals surface area (Å²) < 4.78 is 4.96. The Kier molecular flexibility index (Phi) is 4.78. The summed E-state index contributed by atoms with van der Waals surface area (Å²) in [5, 5.41) is 14.1. The summed E-state index contributed by atoms with van der Waals surface area (Å²) in [5.74, 6) is -1.02. The number of nitrogens with zero attached hydrogens (tertiary/aromatic N) is 2. The van der Waals surface area contributed by atoms with Gasteiger partial charge in [0.05, 0.1) is 6.61 Å². The molecule has 0 aliphatic carbocycles. The predicted molar refractivity (Wildman–Crippen MR) is 74.3 cm³/mol. The number of amides is 1. The number of hydrogen-bond acceptors (Lipinski definition) is 6. The van der Waals surface area contributed by atoms with Crippen molar-refractivity contribution in [1.82, 2.24) is 9.88 Å². The van der Waals surface area contributed by atoms with Gasteiger partial charge in [0.1, 0.15) is 0 Å². The molecule has 0 aromatic carbocycles. The predicted octanol–water partition coefficient (Wildman–Crippen LogP) is 1.87. The van der Waals surface area contributed by atoms with Crippen LogP contribution in [0.2, 0.25) is 0 Å². The lowest BCUT2D eigenvalue weighted by molar-refractivity contribution is 0.0691. The fourth-order valence-corrected chi connectivity index (χ4v) is 2.80. The van der Waals surface area contributed by atoms with Crippen LogP contribution in [0.5, 0.6) is 0 Å². The zero-order valence-electron chi connectivity index (χ0n) is 11.2. The van der Waals surface area contributed by atoms with Crippen LogP contribution in [0.4, 0.5) is 9.93 Å². The highest BCUT2D eigenvalue weighted by molar-refractivity contribution is 7.13. The van der Waals surface area contributed by atoms with E-state index < -0.39 is 5.97 Å². The molecule has 8 heteroatoms. The minimum Gasteiger partial charge on any atom is -0.476 e. The molecule has 1 aliphatic heterocycles. The van der Waals surface area contributed by atoms with Crippen molar-refractivity contribution < 1.29 is 19.4 Å². The van der Waals surface area contributed by atoms with Gasteiger partial charge in [-0.15, -0.1) is 11.3 Å². The van der Waals surface area contributed by atoms with Crippen molar-refractivity contribution in [3.63, 3.8) is 0 Å². The van der Waals surface area contributed by atoms with Crippen LogP contribution in [0, 0.1) is 0 Å². The summed E-state index contributed by atoms with van der Waals surface area (Å²) >= 11 is 1.28. The van der Waals surface area contributed by atoms with E-state index in [0.717, 1.165) is 12.8 Å². The second kappa shape index (κ2) is 6.56. The van der Waals surface area contributed by atoms with Crippen LogP contribution >= 0.6 is 11.3 Å². The van der Waals surface area contributed by atoms with Crippen LogP contribution in [0.25, 0.3) is 0 Å². The summed E-state index contributed by atoms with van der Waals surface area (Å²) in [4.78, 5) is 28.0. The molecule has 0 bridgehead atoms. The number of aromatic carboxylic acids is 1. The summed E-state index contributed by atoms with van der Waals surface area (Å²) in [5.41, 5.74) is 0.0569. The Labute approximate surface area is 120 Å². The van der Waals surface area contributed by atoms with Crippen molar-refractivity contribution in [2.24, 2.45) is 0 Å². The Balaban J connectivity index is 1.82. The minimum atomic E-state index is -1.02. The largest absolute Gasteiger partial charge is 0.476 e. The lowest BCUT2D eigenvalue weighted by Gasteiger charge is -2.31. The second-order valence-electron chi connectivity index (χ2n) is 4.45. The number of aromatic nitrogens is 1. The summed E-state index contributed by atoms with van der Waals surface area (Å²) in [7, 11) is 0. The molecule has 0 unspecified atom stereocenters. The van der Waals surface area contributed by atoms with E-state index >= 15 is 0 Å². The highest BCUT2D eigenvalue weighted by Gasteiger charge is 2.24. The van der Waals surface area contributed by atoms with E-state index in [-0.39, 0.29) is 17.8 Å². The van der Waals surface area contributed by atoms with Gasteiger partial charge >= 0.3 is 12.1 Å². The zero-order valence-corrected chi connectivity index (χ0v) is 12.0. The maximum atomic E-state index is 11.5. The normalized spacial score (nSPS) is 15.9. The summed E-state index contributed by atoms with van der Waals surface area (Å²) in [6.07, 6.45) is 1.31. The summed E-state index contributed by atoms with van der Waals surface area (Å²) in [6.45, 7) is 3.43. The molecule has 1 amide bonds. The molecule has 1 aromatic rings. The fourth-order valence-electron chi connectivity index (χ4n) is 2.03. The number of ether oxygens (including phenoxy) is 1. The molecule has 20 heavy (non-hydrogen) atoms. The lowest BCUT2D eigenvalue weighted by atomic mass is 10.1. The first-order chi connectivity index (χ1) is 9.60. The number of rotatable bonds is 4. The number of carbonyl (C=O) groups excluding carboxylic acids is 1. The maximum absolute atomic E-state index is 11.5. The molecule has 110 valence electrons. The fraction of sp³-hybridized carbons (Fsp3) is 0.583. The zero-order chi connectivity index (χ0) is 14.5. The van der Waals surface area contributed by atoms with E-state index in [2.05, 4.69) is 10.3 Å².